The van der Waals surface area contributed by atoms with Gasteiger partial charge in [-0.3, -0.25) is 4.79 Å². The smallest absolute Gasteiger partial charge is 0.252 e. The summed E-state index contributed by atoms with van der Waals surface area (Å²) in [4.78, 5) is 17.7. The summed E-state index contributed by atoms with van der Waals surface area (Å²) in [5.41, 5.74) is 3.97. The molecule has 0 aliphatic rings. The van der Waals surface area contributed by atoms with Crippen molar-refractivity contribution in [1.29, 1.82) is 0 Å². The number of furan rings is 1. The summed E-state index contributed by atoms with van der Waals surface area (Å²) in [6, 6.07) is 9.62. The van der Waals surface area contributed by atoms with Crippen molar-refractivity contribution < 1.29 is 9.21 Å². The molecule has 1 aromatic carbocycles. The number of nitrogens with zero attached hydrogens (tertiary/aromatic N) is 3. The number of aromatic nitrogens is 3. The fraction of sp³-hybridized carbons (Fsp3) is 0.318. The maximum Gasteiger partial charge on any atom is 0.252 e. The standard InChI is InChI=1S/C22H24N4O2/c1-12(2)26-21-18(11-23-26)17(10-13(3)24-21)22(27)25-15(5)20-14(4)16-8-6-7-9-19(16)28-20/h6-12,15H,1-5H3,(H,25,27). The van der Waals surface area contributed by atoms with Crippen LogP contribution in [0.3, 0.4) is 0 Å². The third-order valence-electron chi connectivity index (χ3n) is 5.05. The van der Waals surface area contributed by atoms with Crippen LogP contribution in [0.4, 0.5) is 0 Å². The number of benzene rings is 1. The summed E-state index contributed by atoms with van der Waals surface area (Å²) < 4.78 is 7.84. The number of nitrogens with one attached hydrogen (secondary N) is 1. The molecule has 0 bridgehead atoms. The average molecular weight is 376 g/mol. The molecule has 0 aliphatic carbocycles. The van der Waals surface area contributed by atoms with E-state index < -0.39 is 0 Å². The quantitative estimate of drug-likeness (QED) is 0.552. The van der Waals surface area contributed by atoms with Gasteiger partial charge in [-0.15, -0.1) is 0 Å². The molecule has 3 heterocycles. The van der Waals surface area contributed by atoms with E-state index in [1.54, 1.807) is 6.20 Å². The van der Waals surface area contributed by atoms with E-state index in [0.717, 1.165) is 39.0 Å². The molecular weight excluding hydrogens is 352 g/mol. The van der Waals surface area contributed by atoms with Crippen molar-refractivity contribution in [3.63, 3.8) is 0 Å². The Morgan fingerprint density at radius 1 is 1.14 bits per heavy atom. The monoisotopic (exact) mass is 376 g/mol. The van der Waals surface area contributed by atoms with Crippen LogP contribution in [0.1, 0.15) is 60.2 Å². The molecule has 1 amide bonds. The van der Waals surface area contributed by atoms with E-state index in [1.165, 1.54) is 0 Å². The number of fused-ring (bicyclic) bond motifs is 2. The van der Waals surface area contributed by atoms with Crippen LogP contribution in [0.15, 0.2) is 40.9 Å². The van der Waals surface area contributed by atoms with Crippen LogP contribution in [0.2, 0.25) is 0 Å². The number of hydrogen-bond donors (Lipinski definition) is 1. The molecule has 28 heavy (non-hydrogen) atoms. The first-order valence-corrected chi connectivity index (χ1v) is 9.50. The molecule has 1 N–H and O–H groups in total. The Kier molecular flexibility index (Phi) is 4.41. The lowest BCUT2D eigenvalue weighted by molar-refractivity contribution is 0.0937. The number of para-hydroxylation sites is 1. The molecule has 1 atom stereocenters. The van der Waals surface area contributed by atoms with Crippen LogP contribution in [0.5, 0.6) is 0 Å². The lowest BCUT2D eigenvalue weighted by atomic mass is 10.1. The van der Waals surface area contributed by atoms with Crippen LogP contribution in [0.25, 0.3) is 22.0 Å². The van der Waals surface area contributed by atoms with Crippen molar-refractivity contribution in [2.45, 2.75) is 46.7 Å². The van der Waals surface area contributed by atoms with E-state index in [-0.39, 0.29) is 18.0 Å². The highest BCUT2D eigenvalue weighted by Crippen LogP contribution is 2.29. The Balaban J connectivity index is 1.69. The van der Waals surface area contributed by atoms with E-state index in [2.05, 4.69) is 15.4 Å². The maximum absolute atomic E-state index is 13.1. The van der Waals surface area contributed by atoms with Gasteiger partial charge in [-0.2, -0.15) is 5.10 Å². The SMILES string of the molecule is Cc1cc(C(=O)NC(C)c2oc3ccccc3c2C)c2cnn(C(C)C)c2n1. The number of carbonyl (C=O) groups excluding carboxylic acids is 1. The molecule has 0 radical (unpaired) electrons. The molecule has 144 valence electrons. The Morgan fingerprint density at radius 2 is 1.89 bits per heavy atom. The number of rotatable bonds is 4. The van der Waals surface area contributed by atoms with Crippen LogP contribution >= 0.6 is 0 Å². The van der Waals surface area contributed by atoms with E-state index in [0.29, 0.717) is 5.56 Å². The third-order valence-corrected chi connectivity index (χ3v) is 5.05. The van der Waals surface area contributed by atoms with Gasteiger partial charge in [0, 0.05) is 22.7 Å². The first kappa shape index (κ1) is 18.2. The Hall–Kier alpha value is -3.15. The summed E-state index contributed by atoms with van der Waals surface area (Å²) in [7, 11) is 0. The molecule has 3 aromatic heterocycles. The molecule has 0 fully saturated rings. The topological polar surface area (TPSA) is 73.0 Å². The molecule has 1 unspecified atom stereocenters. The van der Waals surface area contributed by atoms with E-state index in [4.69, 9.17) is 4.42 Å². The molecule has 0 saturated heterocycles. The normalized spacial score (nSPS) is 12.8. The third kappa shape index (κ3) is 2.95. The minimum Gasteiger partial charge on any atom is -0.459 e. The summed E-state index contributed by atoms with van der Waals surface area (Å²) in [6.45, 7) is 9.93. The zero-order valence-corrected chi connectivity index (χ0v) is 16.8. The van der Waals surface area contributed by atoms with Crippen LogP contribution < -0.4 is 5.32 Å². The summed E-state index contributed by atoms with van der Waals surface area (Å²) in [6.07, 6.45) is 1.72. The van der Waals surface area contributed by atoms with Crippen molar-refractivity contribution >= 4 is 27.9 Å². The zero-order chi connectivity index (χ0) is 20.0. The van der Waals surface area contributed by atoms with Crippen molar-refractivity contribution in [2.24, 2.45) is 0 Å². The number of carbonyl (C=O) groups is 1. The maximum atomic E-state index is 13.1. The molecule has 0 aliphatic heterocycles. The van der Waals surface area contributed by atoms with Gasteiger partial charge in [-0.25, -0.2) is 9.67 Å². The van der Waals surface area contributed by atoms with E-state index >= 15 is 0 Å². The predicted molar refractivity (Wildman–Crippen MR) is 109 cm³/mol. The fourth-order valence-electron chi connectivity index (χ4n) is 3.66. The van der Waals surface area contributed by atoms with Gasteiger partial charge in [0.05, 0.1) is 23.2 Å². The van der Waals surface area contributed by atoms with Gasteiger partial charge < -0.3 is 9.73 Å². The second-order valence-corrected chi connectivity index (χ2v) is 7.51. The average Bonchev–Trinajstić information content (AvgIpc) is 3.22. The lowest BCUT2D eigenvalue weighted by Crippen LogP contribution is -2.27. The summed E-state index contributed by atoms with van der Waals surface area (Å²) >= 11 is 0. The minimum absolute atomic E-state index is 0.161. The van der Waals surface area contributed by atoms with Crippen LogP contribution in [-0.2, 0) is 0 Å². The van der Waals surface area contributed by atoms with Gasteiger partial charge in [-0.05, 0) is 46.8 Å². The van der Waals surface area contributed by atoms with Gasteiger partial charge in [0.2, 0.25) is 0 Å². The number of pyridine rings is 1. The number of aryl methyl sites for hydroxylation is 2. The molecule has 4 rings (SSSR count). The first-order chi connectivity index (χ1) is 13.4. The number of amides is 1. The van der Waals surface area contributed by atoms with Crippen LogP contribution in [-0.4, -0.2) is 20.7 Å². The van der Waals surface area contributed by atoms with Gasteiger partial charge >= 0.3 is 0 Å². The molecule has 0 saturated carbocycles. The summed E-state index contributed by atoms with van der Waals surface area (Å²) in [5.74, 6) is 0.612. The van der Waals surface area contributed by atoms with Gasteiger partial charge in [-0.1, -0.05) is 18.2 Å². The Morgan fingerprint density at radius 3 is 2.61 bits per heavy atom. The van der Waals surface area contributed by atoms with Gasteiger partial charge in [0.15, 0.2) is 5.65 Å². The minimum atomic E-state index is -0.261. The molecule has 6 nitrogen and oxygen atoms in total. The molecular formula is C22H24N4O2. The van der Waals surface area contributed by atoms with E-state index in [9.17, 15) is 4.79 Å². The van der Waals surface area contributed by atoms with Crippen molar-refractivity contribution in [3.8, 4) is 0 Å². The fourth-order valence-corrected chi connectivity index (χ4v) is 3.66. The van der Waals surface area contributed by atoms with Crippen molar-refractivity contribution in [3.05, 3.63) is 59.1 Å². The largest absolute Gasteiger partial charge is 0.459 e. The molecule has 6 heteroatoms. The highest BCUT2D eigenvalue weighted by atomic mass is 16.3. The molecule has 0 spiro atoms. The Bertz CT molecular complexity index is 1190. The summed E-state index contributed by atoms with van der Waals surface area (Å²) in [5, 5.41) is 9.31. The predicted octanol–water partition coefficient (Wildman–Crippen LogP) is 4.87. The van der Waals surface area contributed by atoms with E-state index in [1.807, 2.05) is 69.6 Å². The van der Waals surface area contributed by atoms with Crippen molar-refractivity contribution in [1.82, 2.24) is 20.1 Å². The number of hydrogen-bond acceptors (Lipinski definition) is 4. The molecule has 4 aromatic rings. The Labute approximate surface area is 163 Å². The lowest BCUT2D eigenvalue weighted by Gasteiger charge is -2.14. The second kappa shape index (κ2) is 6.78. The van der Waals surface area contributed by atoms with Crippen molar-refractivity contribution in [2.75, 3.05) is 0 Å². The highest BCUT2D eigenvalue weighted by molar-refractivity contribution is 6.05. The first-order valence-electron chi connectivity index (χ1n) is 9.50. The zero-order valence-electron chi connectivity index (χ0n) is 16.8. The van der Waals surface area contributed by atoms with Gasteiger partial charge in [0.25, 0.3) is 5.91 Å². The van der Waals surface area contributed by atoms with Gasteiger partial charge in [0.1, 0.15) is 11.3 Å². The second-order valence-electron chi connectivity index (χ2n) is 7.51. The van der Waals surface area contributed by atoms with Crippen LogP contribution in [0, 0.1) is 13.8 Å². The highest BCUT2D eigenvalue weighted by Gasteiger charge is 2.22.